The van der Waals surface area contributed by atoms with Gasteiger partial charge >= 0.3 is 0 Å². The van der Waals surface area contributed by atoms with E-state index in [0.717, 1.165) is 0 Å². The van der Waals surface area contributed by atoms with E-state index in [1.807, 2.05) is 0 Å². The molecule has 0 aromatic rings. The standard InChI is InChI=1S/C26H74Si10/c1-23-25-27(3,4)29(7,8)31(11,12)33(15,16)35(19,20)36(21,22)34(17,18)32(13,14)30(9,10)28(5,6)26-24-2/h23-26H2,1-22H3. The summed E-state index contributed by atoms with van der Waals surface area (Å²) in [4.78, 5) is 0. The van der Waals surface area contributed by atoms with E-state index in [9.17, 15) is 0 Å². The molecule has 10 heteroatoms. The quantitative estimate of drug-likeness (QED) is 0.172. The van der Waals surface area contributed by atoms with E-state index >= 15 is 0 Å². The Balaban J connectivity index is 7.04. The van der Waals surface area contributed by atoms with Gasteiger partial charge in [-0.3, -0.25) is 0 Å². The minimum Gasteiger partial charge on any atom is -0.0735 e. The van der Waals surface area contributed by atoms with Crippen molar-refractivity contribution in [1.29, 1.82) is 0 Å². The van der Waals surface area contributed by atoms with Gasteiger partial charge in [0.1, 0.15) is 0 Å². The molecule has 0 nitrogen and oxygen atoms in total. The van der Waals surface area contributed by atoms with Crippen LogP contribution in [0.4, 0.5) is 0 Å². The van der Waals surface area contributed by atoms with E-state index in [-0.39, 0.29) is 0 Å². The molecule has 0 N–H and O–H groups in total. The second kappa shape index (κ2) is 11.1. The molecule has 0 aliphatic carbocycles. The van der Waals surface area contributed by atoms with Crippen LogP contribution >= 0.6 is 0 Å². The van der Waals surface area contributed by atoms with E-state index in [1.54, 1.807) is 12.1 Å². The first-order valence-corrected chi connectivity index (χ1v) is 54.8. The molecule has 218 valence electrons. The molecule has 0 amide bonds. The van der Waals surface area contributed by atoms with Crippen LogP contribution < -0.4 is 0 Å². The zero-order chi connectivity index (χ0) is 29.8. The average Bonchev–Trinajstić information content (AvgIpc) is 2.66. The molecule has 0 aliphatic rings. The maximum Gasteiger partial charge on any atom is 0.0384 e. The molecular formula is C26H74Si10. The summed E-state index contributed by atoms with van der Waals surface area (Å²) in [5, 5.41) is 0. The molecule has 0 spiro atoms. The van der Waals surface area contributed by atoms with Crippen molar-refractivity contribution in [2.45, 2.75) is 170 Å². The Labute approximate surface area is 240 Å². The van der Waals surface area contributed by atoms with Crippen molar-refractivity contribution in [3.8, 4) is 0 Å². The van der Waals surface area contributed by atoms with Gasteiger partial charge in [0.15, 0.2) is 0 Å². The van der Waals surface area contributed by atoms with Crippen molar-refractivity contribution < 1.29 is 0 Å². The van der Waals surface area contributed by atoms with Crippen molar-refractivity contribution in [3.63, 3.8) is 0 Å². The van der Waals surface area contributed by atoms with Crippen molar-refractivity contribution in [1.82, 2.24) is 0 Å². The second-order valence-corrected chi connectivity index (χ2v) is 133. The molecule has 0 fully saturated rings. The molecule has 0 rings (SSSR count). The first-order valence-electron chi connectivity index (χ1n) is 15.4. The fourth-order valence-electron chi connectivity index (χ4n) is 8.25. The van der Waals surface area contributed by atoms with Crippen LogP contribution in [0.5, 0.6) is 0 Å². The van der Waals surface area contributed by atoms with Gasteiger partial charge in [-0.05, 0) is 0 Å². The van der Waals surface area contributed by atoms with Crippen LogP contribution in [0, 0.1) is 0 Å². The lowest BCUT2D eigenvalue weighted by atomic mass is 10.6. The molecule has 0 aromatic carbocycles. The first-order chi connectivity index (χ1) is 15.4. The van der Waals surface area contributed by atoms with Crippen LogP contribution in [0.25, 0.3) is 0 Å². The SMILES string of the molecule is CCC[Si](C)(C)[Si](C)(C)[Si](C)(C)[Si](C)(C)[Si](C)(C)[Si](C)(C)[Si](C)(C)[Si](C)(C)[Si](C)(C)[Si](C)(C)CCC. The van der Waals surface area contributed by atoms with Gasteiger partial charge in [0, 0.05) is 72.1 Å². The highest BCUT2D eigenvalue weighted by Gasteiger charge is 2.71. The van der Waals surface area contributed by atoms with Gasteiger partial charge in [-0.25, -0.2) is 0 Å². The van der Waals surface area contributed by atoms with Gasteiger partial charge in [0.05, 0.1) is 0 Å². The van der Waals surface area contributed by atoms with Gasteiger partial charge in [0.25, 0.3) is 0 Å². The monoisotopic (exact) mass is 666 g/mol. The highest BCUT2D eigenvalue weighted by molar-refractivity contribution is 8.07. The zero-order valence-corrected chi connectivity index (χ0v) is 39.8. The predicted molar refractivity (Wildman–Crippen MR) is 205 cm³/mol. The summed E-state index contributed by atoms with van der Waals surface area (Å²) in [5.74, 6) is 0. The Hall–Kier alpha value is 2.17. The fourth-order valence-corrected chi connectivity index (χ4v) is 325. The van der Waals surface area contributed by atoms with Crippen LogP contribution in [0.2, 0.25) is 143 Å². The van der Waals surface area contributed by atoms with Crippen LogP contribution in [0.3, 0.4) is 0 Å². The lowest BCUT2D eigenvalue weighted by molar-refractivity contribution is 1.06. The van der Waals surface area contributed by atoms with Crippen LogP contribution in [0.1, 0.15) is 26.7 Å². The molecular weight excluding hydrogens is 593 g/mol. The van der Waals surface area contributed by atoms with Crippen molar-refractivity contribution >= 4 is 72.1 Å². The summed E-state index contributed by atoms with van der Waals surface area (Å²) in [6, 6.07) is 3.15. The molecule has 0 saturated carbocycles. The maximum atomic E-state index is 3.02. The van der Waals surface area contributed by atoms with Crippen molar-refractivity contribution in [3.05, 3.63) is 0 Å². The van der Waals surface area contributed by atoms with Crippen molar-refractivity contribution in [2.75, 3.05) is 0 Å². The molecule has 0 bridgehead atoms. The largest absolute Gasteiger partial charge is 0.0735 e. The summed E-state index contributed by atoms with van der Waals surface area (Å²) in [6.07, 6.45) is 2.83. The van der Waals surface area contributed by atoms with Crippen LogP contribution in [0.15, 0.2) is 0 Å². The molecule has 0 radical (unpaired) electrons. The highest BCUT2D eigenvalue weighted by atomic mass is 30.1. The lowest BCUT2D eigenvalue weighted by Crippen LogP contribution is -2.94. The Bertz CT molecular complexity index is 695. The normalized spacial score (nSPS) is 16.5. The fraction of sp³-hybridized carbons (Fsp3) is 1.00. The van der Waals surface area contributed by atoms with E-state index in [1.165, 1.54) is 12.8 Å². The van der Waals surface area contributed by atoms with Gasteiger partial charge < -0.3 is 0 Å². The van der Waals surface area contributed by atoms with Crippen LogP contribution in [-0.4, -0.2) is 72.1 Å². The van der Waals surface area contributed by atoms with E-state index in [0.29, 0.717) is 0 Å². The van der Waals surface area contributed by atoms with E-state index < -0.39 is 72.1 Å². The minimum absolute atomic E-state index is 1.16. The third-order valence-corrected chi connectivity index (χ3v) is 242. The predicted octanol–water partition coefficient (Wildman–Crippen LogP) is 10.6. The number of rotatable bonds is 13. The van der Waals surface area contributed by atoms with Crippen LogP contribution in [-0.2, 0) is 0 Å². The van der Waals surface area contributed by atoms with Gasteiger partial charge in [-0.1, -0.05) is 170 Å². The Morgan fingerprint density at radius 2 is 0.389 bits per heavy atom. The first kappa shape index (κ1) is 38.2. The number of hydrogen-bond acceptors (Lipinski definition) is 0. The summed E-state index contributed by atoms with van der Waals surface area (Å²) in [5.41, 5.74) is 0. The molecule has 36 heavy (non-hydrogen) atoms. The molecule has 0 aromatic heterocycles. The van der Waals surface area contributed by atoms with Gasteiger partial charge in [0.2, 0.25) is 0 Å². The van der Waals surface area contributed by atoms with Gasteiger partial charge in [-0.2, -0.15) is 0 Å². The number of hydrogen-bond donors (Lipinski definition) is 0. The second-order valence-electron chi connectivity index (χ2n) is 18.3. The highest BCUT2D eigenvalue weighted by Crippen LogP contribution is 2.48. The Morgan fingerprint density at radius 3 is 0.528 bits per heavy atom. The van der Waals surface area contributed by atoms with Crippen molar-refractivity contribution in [2.24, 2.45) is 0 Å². The lowest BCUT2D eigenvalue weighted by Gasteiger charge is -2.67. The molecule has 0 saturated heterocycles. The summed E-state index contributed by atoms with van der Waals surface area (Å²) >= 11 is 0. The summed E-state index contributed by atoms with van der Waals surface area (Å²) in [6.45, 7) is 63.9. The van der Waals surface area contributed by atoms with E-state index in [2.05, 4.69) is 145 Å². The minimum atomic E-state index is -1.38. The summed E-state index contributed by atoms with van der Waals surface area (Å²) < 4.78 is 0. The molecule has 0 heterocycles. The Kier molecular flexibility index (Phi) is 11.8. The smallest absolute Gasteiger partial charge is 0.0384 e. The topological polar surface area (TPSA) is 0 Å². The maximum absolute atomic E-state index is 3.02. The Morgan fingerprint density at radius 1 is 0.250 bits per heavy atom. The third-order valence-electron chi connectivity index (χ3n) is 16.1. The zero-order valence-electron chi connectivity index (χ0n) is 29.8. The molecule has 0 atom stereocenters. The average molecular weight is 668 g/mol. The third kappa shape index (κ3) is 5.38. The van der Waals surface area contributed by atoms with Gasteiger partial charge in [-0.15, -0.1) is 0 Å². The molecule has 0 unspecified atom stereocenters. The molecule has 0 aliphatic heterocycles. The summed E-state index contributed by atoms with van der Waals surface area (Å²) in [7, 11) is -12.9. The van der Waals surface area contributed by atoms with E-state index in [4.69, 9.17) is 0 Å².